The van der Waals surface area contributed by atoms with Gasteiger partial charge in [0.1, 0.15) is 5.54 Å². The summed E-state index contributed by atoms with van der Waals surface area (Å²) < 4.78 is 0. The molecule has 1 aliphatic carbocycles. The summed E-state index contributed by atoms with van der Waals surface area (Å²) in [5.74, 6) is -0.179. The Balaban J connectivity index is 2.75. The van der Waals surface area contributed by atoms with Crippen molar-refractivity contribution in [3.05, 3.63) is 0 Å². The van der Waals surface area contributed by atoms with E-state index in [1.54, 1.807) is 6.92 Å². The first-order chi connectivity index (χ1) is 8.89. The molecule has 0 spiro atoms. The highest BCUT2D eigenvalue weighted by molar-refractivity contribution is 5.78. The number of carboxylic acids is 1. The van der Waals surface area contributed by atoms with Crippen LogP contribution in [0.15, 0.2) is 0 Å². The molecular weight excluding hydrogens is 240 g/mol. The topological polar surface area (TPSA) is 52.6 Å². The van der Waals surface area contributed by atoms with Crippen LogP contribution in [0.5, 0.6) is 0 Å². The van der Waals surface area contributed by atoms with E-state index in [-0.39, 0.29) is 0 Å². The third-order valence-electron chi connectivity index (χ3n) is 4.00. The van der Waals surface area contributed by atoms with E-state index in [0.29, 0.717) is 25.0 Å². The van der Waals surface area contributed by atoms with Crippen molar-refractivity contribution in [3.63, 3.8) is 0 Å². The Kier molecular flexibility index (Phi) is 6.27. The van der Waals surface area contributed by atoms with Gasteiger partial charge in [-0.25, -0.2) is 0 Å². The molecule has 0 aromatic carbocycles. The lowest BCUT2D eigenvalue weighted by molar-refractivity contribution is -0.145. The van der Waals surface area contributed by atoms with Crippen LogP contribution in [-0.4, -0.2) is 47.2 Å². The summed E-state index contributed by atoms with van der Waals surface area (Å²) in [6, 6.07) is 0.569. The summed E-state index contributed by atoms with van der Waals surface area (Å²) in [7, 11) is 0. The minimum absolute atomic E-state index is 0.569. The molecule has 1 fully saturated rings. The first kappa shape index (κ1) is 16.4. The van der Waals surface area contributed by atoms with Crippen LogP contribution in [0.1, 0.15) is 53.4 Å². The van der Waals surface area contributed by atoms with Crippen LogP contribution in [0.4, 0.5) is 0 Å². The number of hydrogen-bond acceptors (Lipinski definition) is 3. The first-order valence-electron chi connectivity index (χ1n) is 7.61. The van der Waals surface area contributed by atoms with E-state index in [9.17, 15) is 9.90 Å². The molecule has 2 N–H and O–H groups in total. The van der Waals surface area contributed by atoms with Crippen molar-refractivity contribution >= 4 is 5.97 Å². The molecule has 19 heavy (non-hydrogen) atoms. The number of likely N-dealkylation sites (N-methyl/N-ethyl adjacent to an activating group) is 1. The van der Waals surface area contributed by atoms with Gasteiger partial charge in [-0.15, -0.1) is 0 Å². The van der Waals surface area contributed by atoms with Gasteiger partial charge in [0.25, 0.3) is 0 Å². The largest absolute Gasteiger partial charge is 0.480 e. The van der Waals surface area contributed by atoms with E-state index in [1.165, 1.54) is 25.7 Å². The van der Waals surface area contributed by atoms with E-state index in [4.69, 9.17) is 0 Å². The average molecular weight is 270 g/mol. The number of hydrogen-bond donors (Lipinski definition) is 2. The van der Waals surface area contributed by atoms with Crippen molar-refractivity contribution in [3.8, 4) is 0 Å². The number of nitrogens with zero attached hydrogens (tertiary/aromatic N) is 1. The van der Waals surface area contributed by atoms with E-state index >= 15 is 0 Å². The highest BCUT2D eigenvalue weighted by Crippen LogP contribution is 2.25. The number of nitrogens with one attached hydrogen (secondary N) is 1. The molecule has 1 saturated carbocycles. The fraction of sp³-hybridized carbons (Fsp3) is 0.933. The van der Waals surface area contributed by atoms with Crippen molar-refractivity contribution in [2.45, 2.75) is 65.0 Å². The minimum Gasteiger partial charge on any atom is -0.480 e. The third-order valence-corrected chi connectivity index (χ3v) is 4.00. The van der Waals surface area contributed by atoms with Crippen LogP contribution >= 0.6 is 0 Å². The zero-order valence-electron chi connectivity index (χ0n) is 12.9. The summed E-state index contributed by atoms with van der Waals surface area (Å²) >= 11 is 0. The highest BCUT2D eigenvalue weighted by atomic mass is 16.4. The van der Waals surface area contributed by atoms with Gasteiger partial charge in [-0.3, -0.25) is 9.69 Å². The fourth-order valence-corrected chi connectivity index (χ4v) is 3.08. The Morgan fingerprint density at radius 2 is 2.00 bits per heavy atom. The predicted molar refractivity (Wildman–Crippen MR) is 78.4 cm³/mol. The summed E-state index contributed by atoms with van der Waals surface area (Å²) in [6.07, 6.45) is 5.00. The van der Waals surface area contributed by atoms with Gasteiger partial charge in [0.05, 0.1) is 0 Å². The molecule has 1 aliphatic rings. The lowest BCUT2D eigenvalue weighted by atomic mass is 9.99. The van der Waals surface area contributed by atoms with E-state index in [0.717, 1.165) is 6.54 Å². The molecule has 0 bridgehead atoms. The molecule has 0 amide bonds. The summed E-state index contributed by atoms with van der Waals surface area (Å²) in [4.78, 5) is 14.0. The maximum atomic E-state index is 11.6. The molecule has 0 aliphatic heterocycles. The summed E-state index contributed by atoms with van der Waals surface area (Å²) in [5, 5.41) is 12.6. The van der Waals surface area contributed by atoms with Crippen LogP contribution in [0.25, 0.3) is 0 Å². The molecule has 112 valence electrons. The molecule has 4 heteroatoms. The third kappa shape index (κ3) is 4.77. The van der Waals surface area contributed by atoms with Crippen molar-refractivity contribution < 1.29 is 9.90 Å². The van der Waals surface area contributed by atoms with Crippen molar-refractivity contribution in [2.24, 2.45) is 5.92 Å². The highest BCUT2D eigenvalue weighted by Gasteiger charge is 2.36. The SMILES string of the molecule is CCNC(C)(CN(CC(C)C)C1CCCC1)C(=O)O. The lowest BCUT2D eigenvalue weighted by Gasteiger charge is -2.37. The van der Waals surface area contributed by atoms with Gasteiger partial charge in [-0.2, -0.15) is 0 Å². The van der Waals surface area contributed by atoms with Gasteiger partial charge < -0.3 is 10.4 Å². The monoisotopic (exact) mass is 270 g/mol. The second-order valence-corrected chi connectivity index (χ2v) is 6.43. The maximum absolute atomic E-state index is 11.6. The molecule has 0 aromatic rings. The molecule has 0 aromatic heterocycles. The molecule has 4 nitrogen and oxygen atoms in total. The smallest absolute Gasteiger partial charge is 0.324 e. The Bertz CT molecular complexity index is 288. The second-order valence-electron chi connectivity index (χ2n) is 6.43. The van der Waals surface area contributed by atoms with Crippen molar-refractivity contribution in [1.29, 1.82) is 0 Å². The molecule has 1 rings (SSSR count). The molecule has 0 radical (unpaired) electrons. The summed E-state index contributed by atoms with van der Waals surface area (Å²) in [6.45, 7) is 10.4. The second kappa shape index (κ2) is 7.25. The predicted octanol–water partition coefficient (Wildman–Crippen LogP) is 2.34. The fourth-order valence-electron chi connectivity index (χ4n) is 3.08. The average Bonchev–Trinajstić information content (AvgIpc) is 2.80. The van der Waals surface area contributed by atoms with Gasteiger partial charge in [0.2, 0.25) is 0 Å². The van der Waals surface area contributed by atoms with Crippen molar-refractivity contribution in [1.82, 2.24) is 10.2 Å². The first-order valence-corrected chi connectivity index (χ1v) is 7.61. The van der Waals surface area contributed by atoms with Gasteiger partial charge in [-0.05, 0) is 32.2 Å². The number of rotatable bonds is 8. The Hall–Kier alpha value is -0.610. The molecule has 0 saturated heterocycles. The number of aliphatic carboxylic acids is 1. The van der Waals surface area contributed by atoms with Gasteiger partial charge in [-0.1, -0.05) is 33.6 Å². The number of carboxylic acid groups (broad SMARTS) is 1. The minimum atomic E-state index is -0.841. The number of carbonyl (C=O) groups is 1. The zero-order chi connectivity index (χ0) is 14.5. The molecular formula is C15H30N2O2. The van der Waals surface area contributed by atoms with Gasteiger partial charge in [0, 0.05) is 19.1 Å². The Morgan fingerprint density at radius 1 is 1.42 bits per heavy atom. The van der Waals surface area contributed by atoms with Crippen LogP contribution in [0.3, 0.4) is 0 Å². The van der Waals surface area contributed by atoms with Gasteiger partial charge in [0.15, 0.2) is 0 Å². The van der Waals surface area contributed by atoms with Crippen LogP contribution in [-0.2, 0) is 4.79 Å². The standard InChI is InChI=1S/C15H30N2O2/c1-5-16-15(4,14(18)19)11-17(10-12(2)3)13-8-6-7-9-13/h12-13,16H,5-11H2,1-4H3,(H,18,19). The summed E-state index contributed by atoms with van der Waals surface area (Å²) in [5.41, 5.74) is -0.841. The molecule has 0 heterocycles. The lowest BCUT2D eigenvalue weighted by Crippen LogP contribution is -2.58. The van der Waals surface area contributed by atoms with E-state index in [2.05, 4.69) is 24.1 Å². The van der Waals surface area contributed by atoms with E-state index in [1.807, 2.05) is 6.92 Å². The van der Waals surface area contributed by atoms with Crippen molar-refractivity contribution in [2.75, 3.05) is 19.6 Å². The quantitative estimate of drug-likeness (QED) is 0.711. The maximum Gasteiger partial charge on any atom is 0.324 e. The Labute approximate surface area is 117 Å². The molecule has 1 unspecified atom stereocenters. The van der Waals surface area contributed by atoms with Crippen LogP contribution < -0.4 is 5.32 Å². The van der Waals surface area contributed by atoms with Crippen LogP contribution in [0, 0.1) is 5.92 Å². The zero-order valence-corrected chi connectivity index (χ0v) is 12.9. The Morgan fingerprint density at radius 3 is 2.42 bits per heavy atom. The molecule has 1 atom stereocenters. The van der Waals surface area contributed by atoms with E-state index < -0.39 is 11.5 Å². The van der Waals surface area contributed by atoms with Gasteiger partial charge >= 0.3 is 5.97 Å². The van der Waals surface area contributed by atoms with Crippen LogP contribution in [0.2, 0.25) is 0 Å². The normalized spacial score (nSPS) is 20.1.